The third-order valence-corrected chi connectivity index (χ3v) is 4.51. The number of nitrogens with two attached hydrogens (primary N) is 1. The van der Waals surface area contributed by atoms with Gasteiger partial charge in [0.25, 0.3) is 0 Å². The highest BCUT2D eigenvalue weighted by atomic mass is 79.9. The molecule has 4 heteroatoms. The van der Waals surface area contributed by atoms with Crippen molar-refractivity contribution in [3.05, 3.63) is 50.8 Å². The van der Waals surface area contributed by atoms with Gasteiger partial charge in [-0.2, -0.15) is 0 Å². The number of aryl methyl sites for hydroxylation is 4. The third kappa shape index (κ3) is 3.02. The van der Waals surface area contributed by atoms with E-state index in [1.807, 2.05) is 32.0 Å². The van der Waals surface area contributed by atoms with Gasteiger partial charge in [-0.05, 0) is 51.0 Å². The Bertz CT molecular complexity index is 630. The second-order valence-electron chi connectivity index (χ2n) is 5.00. The quantitative estimate of drug-likeness (QED) is 0.908. The van der Waals surface area contributed by atoms with Gasteiger partial charge in [0.1, 0.15) is 11.5 Å². The first kappa shape index (κ1) is 15.0. The monoisotopic (exact) mass is 334 g/mol. The van der Waals surface area contributed by atoms with Gasteiger partial charge in [0.15, 0.2) is 0 Å². The highest BCUT2D eigenvalue weighted by molar-refractivity contribution is 9.10. The zero-order valence-electron chi connectivity index (χ0n) is 12.2. The summed E-state index contributed by atoms with van der Waals surface area (Å²) in [6.45, 7) is 8.44. The topological polar surface area (TPSA) is 48.1 Å². The van der Waals surface area contributed by atoms with Crippen LogP contribution in [0, 0.1) is 27.7 Å². The molecule has 1 aromatic heterocycles. The molecule has 2 N–H and O–H groups in total. The van der Waals surface area contributed by atoms with Crippen molar-refractivity contribution in [2.75, 3.05) is 0 Å². The van der Waals surface area contributed by atoms with Crippen LogP contribution >= 0.6 is 15.9 Å². The van der Waals surface area contributed by atoms with E-state index in [2.05, 4.69) is 34.8 Å². The molecule has 0 spiro atoms. The molecule has 0 fully saturated rings. The maximum absolute atomic E-state index is 6.04. The number of aromatic nitrogens is 1. The van der Waals surface area contributed by atoms with Gasteiger partial charge in [-0.25, -0.2) is 0 Å². The van der Waals surface area contributed by atoms with Crippen molar-refractivity contribution in [3.8, 4) is 11.5 Å². The lowest BCUT2D eigenvalue weighted by Crippen LogP contribution is -2.05. The fraction of sp³-hybridized carbons (Fsp3) is 0.312. The molecule has 20 heavy (non-hydrogen) atoms. The minimum Gasteiger partial charge on any atom is -0.457 e. The molecular formula is C16H19BrN2O. The Morgan fingerprint density at radius 3 is 2.25 bits per heavy atom. The number of rotatable bonds is 3. The van der Waals surface area contributed by atoms with Gasteiger partial charge in [0.05, 0.1) is 0 Å². The summed E-state index contributed by atoms with van der Waals surface area (Å²) in [6.07, 6.45) is 0. The van der Waals surface area contributed by atoms with E-state index in [4.69, 9.17) is 10.5 Å². The standard InChI is InChI=1S/C16H19BrN2O/c1-9-5-13(6-10(2)16(9)17)20-15-7-11(3)19-12(4)14(15)8-18/h5-7H,8,18H2,1-4H3. The van der Waals surface area contributed by atoms with E-state index in [0.29, 0.717) is 6.54 Å². The molecule has 1 aromatic carbocycles. The van der Waals surface area contributed by atoms with Gasteiger partial charge in [-0.1, -0.05) is 15.9 Å². The van der Waals surface area contributed by atoms with Crippen molar-refractivity contribution in [2.24, 2.45) is 5.73 Å². The fourth-order valence-corrected chi connectivity index (χ4v) is 2.48. The lowest BCUT2D eigenvalue weighted by Gasteiger charge is -2.14. The van der Waals surface area contributed by atoms with Gasteiger partial charge >= 0.3 is 0 Å². The minimum atomic E-state index is 0.420. The van der Waals surface area contributed by atoms with Gasteiger partial charge in [-0.15, -0.1) is 0 Å². The lowest BCUT2D eigenvalue weighted by molar-refractivity contribution is 0.473. The predicted molar refractivity (Wildman–Crippen MR) is 85.3 cm³/mol. The Hall–Kier alpha value is -1.39. The van der Waals surface area contributed by atoms with Crippen LogP contribution in [-0.4, -0.2) is 4.98 Å². The first-order valence-corrected chi connectivity index (χ1v) is 7.33. The Labute approximate surface area is 128 Å². The van der Waals surface area contributed by atoms with Crippen molar-refractivity contribution in [1.29, 1.82) is 0 Å². The Morgan fingerprint density at radius 1 is 1.10 bits per heavy atom. The molecule has 0 saturated heterocycles. The van der Waals surface area contributed by atoms with Crippen molar-refractivity contribution >= 4 is 15.9 Å². The van der Waals surface area contributed by atoms with Crippen molar-refractivity contribution in [1.82, 2.24) is 4.98 Å². The fourth-order valence-electron chi connectivity index (χ4n) is 2.25. The normalized spacial score (nSPS) is 10.7. The second-order valence-corrected chi connectivity index (χ2v) is 5.80. The van der Waals surface area contributed by atoms with Crippen LogP contribution in [0.4, 0.5) is 0 Å². The van der Waals surface area contributed by atoms with Crippen LogP contribution < -0.4 is 10.5 Å². The molecule has 0 atom stereocenters. The van der Waals surface area contributed by atoms with Crippen molar-refractivity contribution in [2.45, 2.75) is 34.2 Å². The molecule has 2 aromatic rings. The Balaban J connectivity index is 2.44. The van der Waals surface area contributed by atoms with Crippen molar-refractivity contribution < 1.29 is 4.74 Å². The van der Waals surface area contributed by atoms with Crippen molar-refractivity contribution in [3.63, 3.8) is 0 Å². The summed E-state index contributed by atoms with van der Waals surface area (Å²) < 4.78 is 7.15. The maximum atomic E-state index is 6.04. The minimum absolute atomic E-state index is 0.420. The summed E-state index contributed by atoms with van der Waals surface area (Å²) in [4.78, 5) is 4.43. The molecular weight excluding hydrogens is 316 g/mol. The van der Waals surface area contributed by atoms with Crippen LogP contribution in [0.5, 0.6) is 11.5 Å². The van der Waals surface area contributed by atoms with Crippen LogP contribution in [0.1, 0.15) is 28.1 Å². The summed E-state index contributed by atoms with van der Waals surface area (Å²) in [6, 6.07) is 5.97. The number of benzene rings is 1. The van der Waals surface area contributed by atoms with Crippen LogP contribution in [0.15, 0.2) is 22.7 Å². The lowest BCUT2D eigenvalue weighted by atomic mass is 10.1. The smallest absolute Gasteiger partial charge is 0.135 e. The van der Waals surface area contributed by atoms with E-state index < -0.39 is 0 Å². The van der Waals surface area contributed by atoms with E-state index in [1.165, 1.54) is 0 Å². The summed E-state index contributed by atoms with van der Waals surface area (Å²) in [5, 5.41) is 0. The average molecular weight is 335 g/mol. The SMILES string of the molecule is Cc1cc(Oc2cc(C)c(Br)c(C)c2)c(CN)c(C)n1. The maximum Gasteiger partial charge on any atom is 0.135 e. The molecule has 1 heterocycles. The van der Waals surface area contributed by atoms with E-state index in [9.17, 15) is 0 Å². The largest absolute Gasteiger partial charge is 0.457 e. The summed E-state index contributed by atoms with van der Waals surface area (Å²) in [7, 11) is 0. The van der Waals surface area contributed by atoms with Gasteiger partial charge < -0.3 is 10.5 Å². The first-order chi connectivity index (χ1) is 9.42. The average Bonchev–Trinajstić information content (AvgIpc) is 2.35. The molecule has 0 unspecified atom stereocenters. The van der Waals surface area contributed by atoms with Crippen LogP contribution in [-0.2, 0) is 6.54 Å². The van der Waals surface area contributed by atoms with Crippen LogP contribution in [0.25, 0.3) is 0 Å². The number of hydrogen-bond acceptors (Lipinski definition) is 3. The zero-order valence-corrected chi connectivity index (χ0v) is 13.8. The third-order valence-electron chi connectivity index (χ3n) is 3.26. The highest BCUT2D eigenvalue weighted by Crippen LogP contribution is 2.31. The van der Waals surface area contributed by atoms with E-state index in [1.54, 1.807) is 0 Å². The Morgan fingerprint density at radius 2 is 1.70 bits per heavy atom. The molecule has 0 saturated carbocycles. The number of nitrogens with zero attached hydrogens (tertiary/aromatic N) is 1. The van der Waals surface area contributed by atoms with Gasteiger partial charge in [0.2, 0.25) is 0 Å². The van der Waals surface area contributed by atoms with E-state index in [0.717, 1.165) is 44.0 Å². The number of pyridine rings is 1. The van der Waals surface area contributed by atoms with Gasteiger partial charge in [-0.3, -0.25) is 4.98 Å². The van der Waals surface area contributed by atoms with E-state index >= 15 is 0 Å². The molecule has 0 aliphatic heterocycles. The molecule has 0 aliphatic carbocycles. The number of halogens is 1. The van der Waals surface area contributed by atoms with Crippen LogP contribution in [0.2, 0.25) is 0 Å². The summed E-state index contributed by atoms with van der Waals surface area (Å²) >= 11 is 3.56. The van der Waals surface area contributed by atoms with E-state index in [-0.39, 0.29) is 0 Å². The first-order valence-electron chi connectivity index (χ1n) is 6.54. The van der Waals surface area contributed by atoms with Crippen LogP contribution in [0.3, 0.4) is 0 Å². The second kappa shape index (κ2) is 5.94. The Kier molecular flexibility index (Phi) is 4.45. The summed E-state index contributed by atoms with van der Waals surface area (Å²) in [5.74, 6) is 1.61. The number of hydrogen-bond donors (Lipinski definition) is 1. The molecule has 3 nitrogen and oxygen atoms in total. The highest BCUT2D eigenvalue weighted by Gasteiger charge is 2.11. The summed E-state index contributed by atoms with van der Waals surface area (Å²) in [5.41, 5.74) is 10.9. The molecule has 106 valence electrons. The predicted octanol–water partition coefficient (Wildman–Crippen LogP) is 4.33. The zero-order chi connectivity index (χ0) is 14.9. The molecule has 0 radical (unpaired) electrons. The molecule has 0 amide bonds. The molecule has 2 rings (SSSR count). The molecule has 0 bridgehead atoms. The molecule has 0 aliphatic rings. The number of ether oxygens (including phenoxy) is 1. The van der Waals surface area contributed by atoms with Gasteiger partial charge in [0, 0.05) is 34.0 Å².